The summed E-state index contributed by atoms with van der Waals surface area (Å²) in [6.45, 7) is 5.28. The van der Waals surface area contributed by atoms with E-state index in [9.17, 15) is 23.1 Å². The number of nitrogens with one attached hydrogen (secondary N) is 2. The van der Waals surface area contributed by atoms with Gasteiger partial charge in [-0.15, -0.1) is 0 Å². The van der Waals surface area contributed by atoms with Crippen molar-refractivity contribution in [2.24, 2.45) is 0 Å². The molecule has 4 aromatic rings. The predicted molar refractivity (Wildman–Crippen MR) is 176 cm³/mol. The lowest BCUT2D eigenvalue weighted by Gasteiger charge is -2.19. The molecular formula is C34H33ClN2O7S. The number of carbonyl (C=O) groups excluding carboxylic acids is 2. The van der Waals surface area contributed by atoms with Crippen molar-refractivity contribution >= 4 is 50.7 Å². The highest BCUT2D eigenvalue weighted by Crippen LogP contribution is 2.39. The van der Waals surface area contributed by atoms with E-state index in [1.54, 1.807) is 61.5 Å². The second kappa shape index (κ2) is 14.3. The number of amides is 2. The van der Waals surface area contributed by atoms with Crippen LogP contribution in [0.1, 0.15) is 30.0 Å². The number of rotatable bonds is 11. The fraction of sp³-hybridized carbons (Fsp3) is 0.176. The molecule has 0 radical (unpaired) electrons. The number of aryl methyl sites for hydroxylation is 2. The smallest absolute Gasteiger partial charge is 0.248 e. The number of aromatic hydroxyl groups is 1. The number of benzene rings is 4. The van der Waals surface area contributed by atoms with Gasteiger partial charge in [-0.05, 0) is 79.9 Å². The highest BCUT2D eigenvalue weighted by Gasteiger charge is 2.33. The number of hydrogen-bond acceptors (Lipinski definition) is 7. The number of phenols is 1. The third-order valence-electron chi connectivity index (χ3n) is 6.90. The zero-order valence-corrected chi connectivity index (χ0v) is 26.7. The fourth-order valence-electron chi connectivity index (χ4n) is 4.39. The van der Waals surface area contributed by atoms with Crippen molar-refractivity contribution in [2.45, 2.75) is 37.3 Å². The summed E-state index contributed by atoms with van der Waals surface area (Å²) in [5, 5.41) is 15.2. The normalized spacial score (nSPS) is 12.0. The first-order valence-corrected chi connectivity index (χ1v) is 15.9. The number of phenolic OH excluding ortho intramolecular Hbond substituents is 1. The molecule has 0 bridgehead atoms. The average Bonchev–Trinajstić information content (AvgIpc) is 3.00. The number of ether oxygens (including phenoxy) is 2. The molecule has 1 unspecified atom stereocenters. The van der Waals surface area contributed by atoms with E-state index in [0.29, 0.717) is 16.5 Å². The molecule has 0 heterocycles. The Labute approximate surface area is 267 Å². The van der Waals surface area contributed by atoms with Crippen LogP contribution in [0.2, 0.25) is 5.02 Å². The van der Waals surface area contributed by atoms with Gasteiger partial charge in [0.1, 0.15) is 22.5 Å². The summed E-state index contributed by atoms with van der Waals surface area (Å²) in [7, 11) is -2.51. The minimum absolute atomic E-state index is 0.00207. The Morgan fingerprint density at radius 2 is 1.58 bits per heavy atom. The molecule has 0 spiro atoms. The fourth-order valence-corrected chi connectivity index (χ4v) is 6.13. The quantitative estimate of drug-likeness (QED) is 0.115. The Kier molecular flexibility index (Phi) is 10.5. The van der Waals surface area contributed by atoms with Crippen molar-refractivity contribution in [3.8, 4) is 23.0 Å². The van der Waals surface area contributed by atoms with Gasteiger partial charge in [-0.2, -0.15) is 0 Å². The van der Waals surface area contributed by atoms with Gasteiger partial charge >= 0.3 is 0 Å². The highest BCUT2D eigenvalue weighted by atomic mass is 35.5. The van der Waals surface area contributed by atoms with Crippen molar-refractivity contribution in [3.05, 3.63) is 107 Å². The maximum atomic E-state index is 13.4. The van der Waals surface area contributed by atoms with Gasteiger partial charge in [0.15, 0.2) is 15.6 Å². The lowest BCUT2D eigenvalue weighted by molar-refractivity contribution is -0.116. The van der Waals surface area contributed by atoms with Crippen LogP contribution in [-0.2, 0) is 19.4 Å². The largest absolute Gasteiger partial charge is 0.506 e. The maximum absolute atomic E-state index is 13.4. The van der Waals surface area contributed by atoms with Crippen molar-refractivity contribution < 1.29 is 32.6 Å². The second-order valence-corrected chi connectivity index (χ2v) is 12.8. The van der Waals surface area contributed by atoms with Crippen molar-refractivity contribution in [3.63, 3.8) is 0 Å². The van der Waals surface area contributed by atoms with Crippen LogP contribution >= 0.6 is 11.6 Å². The number of sulfone groups is 1. The van der Waals surface area contributed by atoms with Gasteiger partial charge in [0, 0.05) is 23.2 Å². The van der Waals surface area contributed by atoms with Crippen molar-refractivity contribution in [2.75, 3.05) is 17.7 Å². The first kappa shape index (κ1) is 33.1. The molecule has 2 amide bonds. The maximum Gasteiger partial charge on any atom is 0.248 e. The van der Waals surface area contributed by atoms with E-state index in [2.05, 4.69) is 10.6 Å². The second-order valence-electron chi connectivity index (χ2n) is 10.2. The van der Waals surface area contributed by atoms with E-state index in [0.717, 1.165) is 16.7 Å². The summed E-state index contributed by atoms with van der Waals surface area (Å²) in [4.78, 5) is 26.2. The Morgan fingerprint density at radius 3 is 2.20 bits per heavy atom. The van der Waals surface area contributed by atoms with Gasteiger partial charge in [-0.3, -0.25) is 9.59 Å². The lowest BCUT2D eigenvalue weighted by Crippen LogP contribution is -2.34. The van der Waals surface area contributed by atoms with Gasteiger partial charge in [0.2, 0.25) is 11.8 Å². The van der Waals surface area contributed by atoms with Gasteiger partial charge < -0.3 is 25.2 Å². The first-order valence-electron chi connectivity index (χ1n) is 14.0. The van der Waals surface area contributed by atoms with E-state index in [4.69, 9.17) is 21.1 Å². The first-order chi connectivity index (χ1) is 21.4. The van der Waals surface area contributed by atoms with Gasteiger partial charge in [-0.1, -0.05) is 48.4 Å². The molecule has 9 nitrogen and oxygen atoms in total. The van der Waals surface area contributed by atoms with Crippen molar-refractivity contribution in [1.29, 1.82) is 0 Å². The topological polar surface area (TPSA) is 131 Å². The third-order valence-corrected chi connectivity index (χ3v) is 9.55. The van der Waals surface area contributed by atoms with Crippen molar-refractivity contribution in [1.82, 2.24) is 0 Å². The number of carbonyl (C=O) groups is 2. The zero-order chi connectivity index (χ0) is 32.7. The Bertz CT molecular complexity index is 1840. The van der Waals surface area contributed by atoms with E-state index in [-0.39, 0.29) is 34.2 Å². The zero-order valence-electron chi connectivity index (χ0n) is 25.1. The van der Waals surface area contributed by atoms with Crippen LogP contribution in [0.15, 0.2) is 89.8 Å². The summed E-state index contributed by atoms with van der Waals surface area (Å²) < 4.78 is 38.0. The summed E-state index contributed by atoms with van der Waals surface area (Å²) in [5.74, 6) is -0.751. The van der Waals surface area contributed by atoms with Crippen LogP contribution in [-0.4, -0.2) is 37.7 Å². The molecule has 0 aliphatic carbocycles. The van der Waals surface area contributed by atoms with E-state index < -0.39 is 26.9 Å². The molecule has 0 aliphatic rings. The van der Waals surface area contributed by atoms with Crippen LogP contribution in [0, 0.1) is 13.8 Å². The molecule has 0 saturated heterocycles. The summed E-state index contributed by atoms with van der Waals surface area (Å²) in [5.41, 5.74) is 2.48. The lowest BCUT2D eigenvalue weighted by atomic mass is 10.1. The average molecular weight is 649 g/mol. The monoisotopic (exact) mass is 648 g/mol. The molecule has 0 aliphatic heterocycles. The van der Waals surface area contributed by atoms with Crippen LogP contribution in [0.3, 0.4) is 0 Å². The molecule has 0 saturated carbocycles. The molecule has 4 aromatic carbocycles. The van der Waals surface area contributed by atoms with Crippen LogP contribution in [0.4, 0.5) is 11.4 Å². The summed E-state index contributed by atoms with van der Waals surface area (Å²) in [6.07, 6.45) is 2.89. The van der Waals surface area contributed by atoms with Gasteiger partial charge in [-0.25, -0.2) is 8.42 Å². The highest BCUT2D eigenvalue weighted by molar-refractivity contribution is 7.92. The summed E-state index contributed by atoms with van der Waals surface area (Å²) in [6, 6.07) is 20.7. The molecule has 1 atom stereocenters. The molecule has 11 heteroatoms. The Balaban J connectivity index is 1.64. The summed E-state index contributed by atoms with van der Waals surface area (Å²) >= 11 is 6.08. The molecule has 3 N–H and O–H groups in total. The minimum Gasteiger partial charge on any atom is -0.506 e. The van der Waals surface area contributed by atoms with E-state index >= 15 is 0 Å². The molecule has 45 heavy (non-hydrogen) atoms. The number of hydrogen-bond donors (Lipinski definition) is 3. The van der Waals surface area contributed by atoms with Crippen LogP contribution in [0.5, 0.6) is 23.0 Å². The van der Waals surface area contributed by atoms with E-state index in [1.165, 1.54) is 37.5 Å². The third kappa shape index (κ3) is 8.23. The van der Waals surface area contributed by atoms with Gasteiger partial charge in [0.25, 0.3) is 0 Å². The van der Waals surface area contributed by atoms with E-state index in [1.807, 2.05) is 19.9 Å². The number of methoxy groups -OCH3 is 1. The van der Waals surface area contributed by atoms with Gasteiger partial charge in [0.05, 0.1) is 23.4 Å². The number of halogens is 1. The minimum atomic E-state index is -4.04. The molecular weight excluding hydrogens is 616 g/mol. The number of anilines is 2. The van der Waals surface area contributed by atoms with Crippen LogP contribution in [0.25, 0.3) is 6.08 Å². The SMILES string of the molecule is CCC(C(=O)Nc1cc(O)c(NC(=O)/C=C/c2ccc(Cl)c(C)c2)cc1Oc1ccc(OC)cc1)S(=O)(=O)c1ccc(C)cc1. The Hall–Kier alpha value is -4.80. The molecule has 0 fully saturated rings. The Morgan fingerprint density at radius 1 is 0.911 bits per heavy atom. The molecule has 234 valence electrons. The molecule has 4 rings (SSSR count). The standard InChI is InChI=1S/C34H33ClN2O7S/c1-5-32(45(41,42)26-14-6-21(2)7-15-26)34(40)37-29-19-30(38)28(20-31(29)44-25-12-10-24(43-4)11-13-25)36-33(39)17-9-23-8-16-27(35)22(3)18-23/h6-20,32,38H,5H2,1-4H3,(H,36,39)(H,37,40)/b17-9+. The van der Waals surface area contributed by atoms with Crippen LogP contribution < -0.4 is 20.1 Å². The predicted octanol–water partition coefficient (Wildman–Crippen LogP) is 7.31. The molecule has 0 aromatic heterocycles.